The molecule has 28 heavy (non-hydrogen) atoms. The Labute approximate surface area is 155 Å². The van der Waals surface area contributed by atoms with Gasteiger partial charge in [0.05, 0.1) is 10.9 Å². The number of benzene rings is 2. The molecule has 0 bridgehead atoms. The Morgan fingerprint density at radius 3 is 2.61 bits per heavy atom. The molecule has 10 heteroatoms. The number of carbonyl (C=O) groups is 1. The van der Waals surface area contributed by atoms with Gasteiger partial charge in [-0.25, -0.2) is 4.79 Å². The molecule has 2 aromatic carbocycles. The van der Waals surface area contributed by atoms with Gasteiger partial charge in [-0.3, -0.25) is 19.1 Å². The number of anilines is 1. The minimum atomic E-state index is -4.84. The standard InChI is InChI=1S/C18H14F3N3O4/c19-18(20,21)28-12-5-3-4-11(10-12)22-15(25)8-9-24-14-7-2-1-6-13(14)16(26)23-17(24)27/h1-7,10H,8-9H2,(H,22,25)(H,23,26,27). The molecule has 2 N–H and O–H groups in total. The summed E-state index contributed by atoms with van der Waals surface area (Å²) in [4.78, 5) is 38.2. The molecule has 0 atom stereocenters. The predicted octanol–water partition coefficient (Wildman–Crippen LogP) is 2.62. The lowest BCUT2D eigenvalue weighted by molar-refractivity contribution is -0.274. The van der Waals surface area contributed by atoms with Gasteiger partial charge >= 0.3 is 12.1 Å². The Morgan fingerprint density at radius 1 is 1.11 bits per heavy atom. The van der Waals surface area contributed by atoms with Crippen molar-refractivity contribution in [3.63, 3.8) is 0 Å². The maximum absolute atomic E-state index is 12.3. The van der Waals surface area contributed by atoms with E-state index in [9.17, 15) is 27.6 Å². The molecule has 0 aliphatic rings. The van der Waals surface area contributed by atoms with Crippen LogP contribution in [0, 0.1) is 0 Å². The molecule has 0 fully saturated rings. The number of hydrogen-bond acceptors (Lipinski definition) is 4. The van der Waals surface area contributed by atoms with Crippen molar-refractivity contribution in [2.45, 2.75) is 19.3 Å². The van der Waals surface area contributed by atoms with Crippen molar-refractivity contribution in [3.05, 3.63) is 69.4 Å². The second-order valence-corrected chi connectivity index (χ2v) is 5.80. The molecule has 7 nitrogen and oxygen atoms in total. The quantitative estimate of drug-likeness (QED) is 0.697. The highest BCUT2D eigenvalue weighted by Gasteiger charge is 2.31. The van der Waals surface area contributed by atoms with Gasteiger partial charge in [0.15, 0.2) is 0 Å². The summed E-state index contributed by atoms with van der Waals surface area (Å²) in [5.41, 5.74) is -0.685. The summed E-state index contributed by atoms with van der Waals surface area (Å²) in [6, 6.07) is 11.3. The van der Waals surface area contributed by atoms with Crippen LogP contribution in [0.4, 0.5) is 18.9 Å². The van der Waals surface area contributed by atoms with E-state index in [2.05, 4.69) is 15.0 Å². The molecule has 3 rings (SSSR count). The van der Waals surface area contributed by atoms with Gasteiger partial charge in [0.2, 0.25) is 5.91 Å². The molecule has 1 aromatic heterocycles. The largest absolute Gasteiger partial charge is 0.573 e. The van der Waals surface area contributed by atoms with Crippen LogP contribution in [0.3, 0.4) is 0 Å². The van der Waals surface area contributed by atoms with Gasteiger partial charge in [-0.1, -0.05) is 18.2 Å². The Morgan fingerprint density at radius 2 is 1.86 bits per heavy atom. The fourth-order valence-electron chi connectivity index (χ4n) is 2.67. The van der Waals surface area contributed by atoms with Crippen LogP contribution in [0.1, 0.15) is 6.42 Å². The van der Waals surface area contributed by atoms with Crippen molar-refractivity contribution in [1.29, 1.82) is 0 Å². The Hall–Kier alpha value is -3.56. The highest BCUT2D eigenvalue weighted by Crippen LogP contribution is 2.25. The van der Waals surface area contributed by atoms with E-state index in [4.69, 9.17) is 0 Å². The van der Waals surface area contributed by atoms with Crippen molar-refractivity contribution in [1.82, 2.24) is 9.55 Å². The molecule has 0 saturated heterocycles. The highest BCUT2D eigenvalue weighted by molar-refractivity contribution is 5.91. The number of para-hydroxylation sites is 1. The van der Waals surface area contributed by atoms with E-state index < -0.39 is 29.3 Å². The topological polar surface area (TPSA) is 93.2 Å². The molecular weight excluding hydrogens is 379 g/mol. The van der Waals surface area contributed by atoms with E-state index >= 15 is 0 Å². The van der Waals surface area contributed by atoms with E-state index in [-0.39, 0.29) is 18.7 Å². The second kappa shape index (κ2) is 7.59. The molecule has 0 aliphatic heterocycles. The van der Waals surface area contributed by atoms with Crippen LogP contribution in [0.5, 0.6) is 5.75 Å². The fraction of sp³-hybridized carbons (Fsp3) is 0.167. The van der Waals surface area contributed by atoms with E-state index in [1.54, 1.807) is 24.3 Å². The number of aromatic amines is 1. The molecule has 0 spiro atoms. The van der Waals surface area contributed by atoms with E-state index in [0.29, 0.717) is 10.9 Å². The monoisotopic (exact) mass is 393 g/mol. The third kappa shape index (κ3) is 4.58. The molecule has 0 saturated carbocycles. The number of aryl methyl sites for hydroxylation is 1. The number of nitrogens with one attached hydrogen (secondary N) is 2. The molecule has 0 radical (unpaired) electrons. The number of alkyl halides is 3. The number of carbonyl (C=O) groups excluding carboxylic acids is 1. The number of ether oxygens (including phenoxy) is 1. The maximum Gasteiger partial charge on any atom is 0.573 e. The van der Waals surface area contributed by atoms with Crippen LogP contribution >= 0.6 is 0 Å². The summed E-state index contributed by atoms with van der Waals surface area (Å²) in [6.07, 6.45) is -4.98. The average molecular weight is 393 g/mol. The van der Waals surface area contributed by atoms with E-state index in [0.717, 1.165) is 12.1 Å². The van der Waals surface area contributed by atoms with Crippen LogP contribution in [-0.2, 0) is 11.3 Å². The van der Waals surface area contributed by atoms with Crippen LogP contribution in [0.2, 0.25) is 0 Å². The van der Waals surface area contributed by atoms with Gasteiger partial charge in [0.1, 0.15) is 5.75 Å². The Balaban J connectivity index is 1.72. The lowest BCUT2D eigenvalue weighted by Gasteiger charge is -2.11. The number of amides is 1. The third-order valence-electron chi connectivity index (χ3n) is 3.82. The number of rotatable bonds is 5. The summed E-state index contributed by atoms with van der Waals surface area (Å²) in [5, 5.41) is 2.75. The molecule has 1 heterocycles. The summed E-state index contributed by atoms with van der Waals surface area (Å²) in [5.74, 6) is -0.987. The van der Waals surface area contributed by atoms with E-state index in [1.807, 2.05) is 0 Å². The van der Waals surface area contributed by atoms with Crippen molar-refractivity contribution in [2.24, 2.45) is 0 Å². The summed E-state index contributed by atoms with van der Waals surface area (Å²) < 4.78 is 41.9. The van der Waals surface area contributed by atoms with Crippen LogP contribution in [0.25, 0.3) is 10.9 Å². The third-order valence-corrected chi connectivity index (χ3v) is 3.82. The number of nitrogens with zero attached hydrogens (tertiary/aromatic N) is 1. The molecule has 0 aliphatic carbocycles. The fourth-order valence-corrected chi connectivity index (χ4v) is 2.67. The van der Waals surface area contributed by atoms with Crippen molar-refractivity contribution >= 4 is 22.5 Å². The average Bonchev–Trinajstić information content (AvgIpc) is 2.60. The van der Waals surface area contributed by atoms with Crippen molar-refractivity contribution < 1.29 is 22.7 Å². The van der Waals surface area contributed by atoms with Gasteiger partial charge in [0, 0.05) is 24.7 Å². The molecule has 146 valence electrons. The minimum absolute atomic E-state index is 0.0271. The Bertz CT molecular complexity index is 1140. The molecule has 0 unspecified atom stereocenters. The zero-order chi connectivity index (χ0) is 20.3. The van der Waals surface area contributed by atoms with Crippen LogP contribution in [0.15, 0.2) is 58.1 Å². The smallest absolute Gasteiger partial charge is 0.406 e. The Kier molecular flexibility index (Phi) is 5.21. The first-order valence-corrected chi connectivity index (χ1v) is 8.10. The second-order valence-electron chi connectivity index (χ2n) is 5.80. The summed E-state index contributed by atoms with van der Waals surface area (Å²) in [7, 11) is 0. The lowest BCUT2D eigenvalue weighted by atomic mass is 10.2. The van der Waals surface area contributed by atoms with Crippen LogP contribution in [-0.4, -0.2) is 21.8 Å². The number of halogens is 3. The maximum atomic E-state index is 12.3. The SMILES string of the molecule is O=C(CCn1c(=O)[nH]c(=O)c2ccccc21)Nc1cccc(OC(F)(F)F)c1. The first-order valence-electron chi connectivity index (χ1n) is 8.10. The molecule has 1 amide bonds. The van der Waals surface area contributed by atoms with Crippen LogP contribution < -0.4 is 21.3 Å². The van der Waals surface area contributed by atoms with Gasteiger partial charge in [-0.2, -0.15) is 0 Å². The predicted molar refractivity (Wildman–Crippen MR) is 95.2 cm³/mol. The van der Waals surface area contributed by atoms with Gasteiger partial charge in [-0.15, -0.1) is 13.2 Å². The highest BCUT2D eigenvalue weighted by atomic mass is 19.4. The summed E-state index contributed by atoms with van der Waals surface area (Å²) in [6.45, 7) is -0.0271. The van der Waals surface area contributed by atoms with E-state index in [1.165, 1.54) is 16.7 Å². The lowest BCUT2D eigenvalue weighted by Crippen LogP contribution is -2.31. The van der Waals surface area contributed by atoms with Gasteiger partial charge in [-0.05, 0) is 24.3 Å². The van der Waals surface area contributed by atoms with Crippen molar-refractivity contribution in [2.75, 3.05) is 5.32 Å². The number of fused-ring (bicyclic) bond motifs is 1. The first kappa shape index (κ1) is 19.2. The van der Waals surface area contributed by atoms with Crippen molar-refractivity contribution in [3.8, 4) is 5.75 Å². The van der Waals surface area contributed by atoms with Gasteiger partial charge in [0.25, 0.3) is 5.56 Å². The number of hydrogen-bond donors (Lipinski definition) is 2. The van der Waals surface area contributed by atoms with Gasteiger partial charge < -0.3 is 10.1 Å². The molecular formula is C18H14F3N3O4. The molecule has 3 aromatic rings. The normalized spacial score (nSPS) is 11.4. The zero-order valence-electron chi connectivity index (χ0n) is 14.2. The zero-order valence-corrected chi connectivity index (χ0v) is 14.2. The number of aromatic nitrogens is 2. The first-order chi connectivity index (χ1) is 13.2. The summed E-state index contributed by atoms with van der Waals surface area (Å²) >= 11 is 0. The minimum Gasteiger partial charge on any atom is -0.406 e. The number of H-pyrrole nitrogens is 1.